The maximum absolute atomic E-state index is 15.1. The van der Waals surface area contributed by atoms with Crippen LogP contribution in [0, 0.1) is 5.82 Å². The molecule has 1 aromatic carbocycles. The second-order valence-electron chi connectivity index (χ2n) is 9.91. The predicted octanol–water partition coefficient (Wildman–Crippen LogP) is 3.50. The number of nitrogens with two attached hydrogens (primary N) is 1. The topological polar surface area (TPSA) is 171 Å². The summed E-state index contributed by atoms with van der Waals surface area (Å²) < 4.78 is 45.8. The predicted molar refractivity (Wildman–Crippen MR) is 135 cm³/mol. The number of hydrogen-bond donors (Lipinski definition) is 3. The molecule has 2 amide bonds. The Morgan fingerprint density at radius 2 is 2.00 bits per heavy atom. The molecule has 12 nitrogen and oxygen atoms in total. The Labute approximate surface area is 211 Å². The Hall–Kier alpha value is -4.07. The van der Waals surface area contributed by atoms with E-state index in [9.17, 15) is 13.2 Å². The molecule has 0 saturated carbocycles. The highest BCUT2D eigenvalue weighted by Gasteiger charge is 2.32. The fourth-order valence-corrected chi connectivity index (χ4v) is 5.83. The zero-order valence-corrected chi connectivity index (χ0v) is 21.1. The van der Waals surface area contributed by atoms with E-state index in [1.165, 1.54) is 23.1 Å². The van der Waals surface area contributed by atoms with E-state index < -0.39 is 27.7 Å². The van der Waals surface area contributed by atoms with E-state index in [0.29, 0.717) is 34.4 Å². The first-order valence-electron chi connectivity index (χ1n) is 11.5. The minimum atomic E-state index is -3.18. The minimum Gasteiger partial charge on any atom is -0.383 e. The Morgan fingerprint density at radius 3 is 2.65 bits per heavy atom. The van der Waals surface area contributed by atoms with Crippen LogP contribution in [-0.2, 0) is 15.3 Å². The van der Waals surface area contributed by atoms with Crippen molar-refractivity contribution in [3.63, 3.8) is 0 Å². The van der Waals surface area contributed by atoms with E-state index in [2.05, 4.69) is 30.9 Å². The quantitative estimate of drug-likeness (QED) is 0.358. The van der Waals surface area contributed by atoms with Gasteiger partial charge in [0.15, 0.2) is 15.5 Å². The van der Waals surface area contributed by atoms with Crippen LogP contribution in [0.4, 0.5) is 26.6 Å². The lowest BCUT2D eigenvalue weighted by molar-refractivity contribution is 0.261. The van der Waals surface area contributed by atoms with Crippen molar-refractivity contribution in [2.24, 2.45) is 0 Å². The van der Waals surface area contributed by atoms with E-state index in [1.54, 1.807) is 12.1 Å². The molecule has 1 fully saturated rings. The van der Waals surface area contributed by atoms with E-state index >= 15 is 4.39 Å². The number of carbonyl (C=O) groups is 1. The van der Waals surface area contributed by atoms with Gasteiger partial charge in [0.25, 0.3) is 0 Å². The zero-order valence-electron chi connectivity index (χ0n) is 20.3. The molecule has 0 aliphatic carbocycles. The number of sulfone groups is 1. The summed E-state index contributed by atoms with van der Waals surface area (Å²) in [5, 5.41) is 13.8. The summed E-state index contributed by atoms with van der Waals surface area (Å²) in [7, 11) is -3.18. The second-order valence-corrected chi connectivity index (χ2v) is 12.1. The summed E-state index contributed by atoms with van der Waals surface area (Å²) in [5.41, 5.74) is 7.45. The summed E-state index contributed by atoms with van der Waals surface area (Å²) in [6.45, 7) is 5.86. The molecular formula is C23H25FN8O4S. The van der Waals surface area contributed by atoms with Crippen molar-refractivity contribution in [3.8, 4) is 11.3 Å². The Morgan fingerprint density at radius 1 is 1.22 bits per heavy atom. The van der Waals surface area contributed by atoms with Gasteiger partial charge >= 0.3 is 6.03 Å². The maximum Gasteiger partial charge on any atom is 0.326 e. The molecule has 37 heavy (non-hydrogen) atoms. The molecule has 4 heterocycles. The van der Waals surface area contributed by atoms with Gasteiger partial charge in [-0.05, 0) is 18.6 Å². The lowest BCUT2D eigenvalue weighted by Crippen LogP contribution is -2.20. The Balaban J connectivity index is 1.41. The van der Waals surface area contributed by atoms with Crippen LogP contribution in [0.2, 0.25) is 0 Å². The summed E-state index contributed by atoms with van der Waals surface area (Å²) in [5.74, 6) is -0.474. The lowest BCUT2D eigenvalue weighted by Gasteiger charge is -2.12. The number of nitrogens with zero attached hydrogens (tertiary/aromatic N) is 5. The highest BCUT2D eigenvalue weighted by Crippen LogP contribution is 2.35. The van der Waals surface area contributed by atoms with Crippen molar-refractivity contribution in [2.75, 3.05) is 27.9 Å². The van der Waals surface area contributed by atoms with Crippen LogP contribution in [0.1, 0.15) is 38.9 Å². The van der Waals surface area contributed by atoms with Crippen LogP contribution in [0.15, 0.2) is 35.1 Å². The van der Waals surface area contributed by atoms with Crippen molar-refractivity contribution in [2.45, 2.75) is 38.6 Å². The molecule has 1 aliphatic rings. The number of rotatable bonds is 4. The molecule has 5 rings (SSSR count). The highest BCUT2D eigenvalue weighted by molar-refractivity contribution is 7.91. The number of hydrogen-bond acceptors (Lipinski definition) is 9. The van der Waals surface area contributed by atoms with Crippen LogP contribution in [-0.4, -0.2) is 50.9 Å². The number of carbonyl (C=O) groups excluding carboxylic acids is 1. The maximum atomic E-state index is 15.1. The molecule has 1 aliphatic heterocycles. The molecule has 1 saturated heterocycles. The van der Waals surface area contributed by atoms with Crippen molar-refractivity contribution < 1.29 is 22.1 Å². The SMILES string of the molecule is CC(C)(C)c1cc(NC(=O)Nc2ccc(-c3nn(C4CCS(=O)(=O)C4)c4ncnc(N)c34)cc2F)on1. The Bertz CT molecular complexity index is 1620. The van der Waals surface area contributed by atoms with Gasteiger partial charge in [-0.2, -0.15) is 5.10 Å². The molecule has 1 unspecified atom stereocenters. The van der Waals surface area contributed by atoms with Crippen molar-refractivity contribution in [3.05, 3.63) is 42.1 Å². The molecule has 194 valence electrons. The first kappa shape index (κ1) is 24.6. The smallest absolute Gasteiger partial charge is 0.326 e. The summed E-state index contributed by atoms with van der Waals surface area (Å²) in [6.07, 6.45) is 1.66. The second kappa shape index (κ2) is 8.80. The number of amides is 2. The fraction of sp³-hybridized carbons (Fsp3) is 0.348. The van der Waals surface area contributed by atoms with E-state index in [1.807, 2.05) is 20.8 Å². The third-order valence-electron chi connectivity index (χ3n) is 6.08. The van der Waals surface area contributed by atoms with E-state index in [4.69, 9.17) is 10.3 Å². The molecule has 0 bridgehead atoms. The van der Waals surface area contributed by atoms with Crippen LogP contribution in [0.25, 0.3) is 22.3 Å². The van der Waals surface area contributed by atoms with Crippen LogP contribution in [0.3, 0.4) is 0 Å². The third kappa shape index (κ3) is 4.83. The first-order valence-corrected chi connectivity index (χ1v) is 13.3. The summed E-state index contributed by atoms with van der Waals surface area (Å²) in [6, 6.07) is 4.62. The molecule has 4 aromatic rings. The van der Waals surface area contributed by atoms with E-state index in [0.717, 1.165) is 0 Å². The van der Waals surface area contributed by atoms with Crippen LogP contribution in [0.5, 0.6) is 0 Å². The molecule has 4 N–H and O–H groups in total. The molecule has 0 spiro atoms. The summed E-state index contributed by atoms with van der Waals surface area (Å²) in [4.78, 5) is 20.7. The first-order chi connectivity index (χ1) is 17.4. The molecular weight excluding hydrogens is 503 g/mol. The summed E-state index contributed by atoms with van der Waals surface area (Å²) >= 11 is 0. The molecule has 14 heteroatoms. The number of aromatic nitrogens is 5. The van der Waals surface area contributed by atoms with Gasteiger partial charge in [0.2, 0.25) is 5.88 Å². The Kier molecular flexibility index (Phi) is 5.85. The average molecular weight is 529 g/mol. The monoisotopic (exact) mass is 528 g/mol. The largest absolute Gasteiger partial charge is 0.383 e. The van der Waals surface area contributed by atoms with Gasteiger partial charge in [-0.3, -0.25) is 5.32 Å². The number of nitrogens with one attached hydrogen (secondary N) is 2. The van der Waals surface area contributed by atoms with Gasteiger partial charge in [-0.1, -0.05) is 32.0 Å². The van der Waals surface area contributed by atoms with Crippen molar-refractivity contribution in [1.82, 2.24) is 24.9 Å². The molecule has 1 atom stereocenters. The van der Waals surface area contributed by atoms with Crippen molar-refractivity contribution >= 4 is 44.3 Å². The van der Waals surface area contributed by atoms with Gasteiger partial charge in [0, 0.05) is 17.0 Å². The molecule has 3 aromatic heterocycles. The average Bonchev–Trinajstić information content (AvgIpc) is 3.52. The standard InChI is InChI=1S/C23H25FN8O4S/c1-23(2,3)16-9-17(36-31-16)29-22(33)28-15-5-4-12(8-14(15)24)19-18-20(25)26-11-27-21(18)32(30-19)13-6-7-37(34,35)10-13/h4-5,8-9,11,13H,6-7,10H2,1-3H3,(H2,25,26,27)(H2,28,29,33). The minimum absolute atomic E-state index is 0.0531. The molecule has 0 radical (unpaired) electrons. The van der Waals surface area contributed by atoms with Gasteiger partial charge < -0.3 is 15.6 Å². The lowest BCUT2D eigenvalue weighted by atomic mass is 9.92. The van der Waals surface area contributed by atoms with Crippen molar-refractivity contribution in [1.29, 1.82) is 0 Å². The van der Waals surface area contributed by atoms with Crippen LogP contribution >= 0.6 is 0 Å². The van der Waals surface area contributed by atoms with E-state index in [-0.39, 0.29) is 34.3 Å². The van der Waals surface area contributed by atoms with Gasteiger partial charge in [0.05, 0.1) is 34.3 Å². The number of halogens is 1. The van der Waals surface area contributed by atoms with Gasteiger partial charge in [-0.15, -0.1) is 0 Å². The van der Waals surface area contributed by atoms with Crippen LogP contribution < -0.4 is 16.4 Å². The zero-order chi connectivity index (χ0) is 26.5. The highest BCUT2D eigenvalue weighted by atomic mass is 32.2. The number of fused-ring (bicyclic) bond motifs is 1. The third-order valence-corrected chi connectivity index (χ3v) is 7.83. The van der Waals surface area contributed by atoms with Gasteiger partial charge in [-0.25, -0.2) is 32.3 Å². The van der Waals surface area contributed by atoms with Gasteiger partial charge in [0.1, 0.15) is 23.7 Å². The number of benzene rings is 1. The fourth-order valence-electron chi connectivity index (χ4n) is 4.14. The number of anilines is 3. The number of nitrogen functional groups attached to an aromatic ring is 1. The number of urea groups is 1. The normalized spacial score (nSPS) is 17.2.